The summed E-state index contributed by atoms with van der Waals surface area (Å²) >= 11 is 0. The van der Waals surface area contributed by atoms with Gasteiger partial charge in [-0.25, -0.2) is 4.98 Å². The van der Waals surface area contributed by atoms with E-state index in [4.69, 9.17) is 10.6 Å². The maximum Gasteiger partial charge on any atom is 0.253 e. The van der Waals surface area contributed by atoms with Gasteiger partial charge in [-0.2, -0.15) is 0 Å². The van der Waals surface area contributed by atoms with Gasteiger partial charge in [-0.1, -0.05) is 11.6 Å². The highest BCUT2D eigenvalue weighted by molar-refractivity contribution is 5.99. The van der Waals surface area contributed by atoms with Crippen LogP contribution in [0.15, 0.2) is 36.5 Å². The van der Waals surface area contributed by atoms with E-state index >= 15 is 0 Å². The third-order valence-electron chi connectivity index (χ3n) is 3.04. The number of rotatable bonds is 5. The Kier molecular flexibility index (Phi) is 4.73. The summed E-state index contributed by atoms with van der Waals surface area (Å²) in [7, 11) is 1.55. The molecule has 21 heavy (non-hydrogen) atoms. The zero-order chi connectivity index (χ0) is 15.2. The Morgan fingerprint density at radius 3 is 2.86 bits per heavy atom. The van der Waals surface area contributed by atoms with Crippen molar-refractivity contribution >= 4 is 11.6 Å². The summed E-state index contributed by atoms with van der Waals surface area (Å²) in [4.78, 5) is 16.3. The molecule has 0 fully saturated rings. The summed E-state index contributed by atoms with van der Waals surface area (Å²) < 4.78 is 5.05. The molecule has 0 spiro atoms. The number of nitrogen functional groups attached to an aromatic ring is 1. The van der Waals surface area contributed by atoms with Crippen LogP contribution in [0.2, 0.25) is 0 Å². The Hall–Kier alpha value is -2.60. The number of methoxy groups -OCH3 is 1. The second-order valence-corrected chi connectivity index (χ2v) is 4.58. The molecule has 1 heterocycles. The molecule has 0 unspecified atom stereocenters. The Morgan fingerprint density at radius 1 is 1.33 bits per heavy atom. The molecule has 1 aromatic heterocycles. The molecule has 0 saturated carbocycles. The number of pyridine rings is 1. The van der Waals surface area contributed by atoms with E-state index in [2.05, 4.69) is 15.7 Å². The van der Waals surface area contributed by atoms with Crippen LogP contribution < -0.4 is 21.3 Å². The molecule has 0 atom stereocenters. The summed E-state index contributed by atoms with van der Waals surface area (Å²) in [5.74, 6) is 5.75. The maximum absolute atomic E-state index is 12.3. The molecule has 6 nitrogen and oxygen atoms in total. The zero-order valence-corrected chi connectivity index (χ0v) is 12.0. The van der Waals surface area contributed by atoms with Gasteiger partial charge in [-0.15, -0.1) is 0 Å². The molecule has 1 aromatic carbocycles. The lowest BCUT2D eigenvalue weighted by Gasteiger charge is -2.11. The number of amides is 1. The fourth-order valence-electron chi connectivity index (χ4n) is 1.92. The molecule has 2 rings (SSSR count). The van der Waals surface area contributed by atoms with Gasteiger partial charge in [-0.05, 0) is 30.7 Å². The normalized spacial score (nSPS) is 10.0. The summed E-state index contributed by atoms with van der Waals surface area (Å²) in [6, 6.07) is 9.05. The van der Waals surface area contributed by atoms with Crippen LogP contribution in [0.3, 0.4) is 0 Å². The number of ether oxygens (including phenoxy) is 1. The fraction of sp³-hybridized carbons (Fsp3) is 0.200. The molecule has 0 aliphatic carbocycles. The standard InChI is InChI=1S/C15H18N4O2/c1-10-3-4-13(19-16)12(7-10)15(20)18-9-11-5-6-17-14(8-11)21-2/h3-8,19H,9,16H2,1-2H3,(H,18,20). The lowest BCUT2D eigenvalue weighted by atomic mass is 10.1. The van der Waals surface area contributed by atoms with Crippen LogP contribution in [0.1, 0.15) is 21.5 Å². The van der Waals surface area contributed by atoms with Gasteiger partial charge in [0.15, 0.2) is 0 Å². The number of hydrazine groups is 1. The number of anilines is 1. The largest absolute Gasteiger partial charge is 0.481 e. The van der Waals surface area contributed by atoms with Crippen molar-refractivity contribution in [3.8, 4) is 5.88 Å². The van der Waals surface area contributed by atoms with Crippen molar-refractivity contribution in [3.05, 3.63) is 53.2 Å². The Bertz CT molecular complexity index is 643. The number of benzene rings is 1. The quantitative estimate of drug-likeness (QED) is 0.574. The van der Waals surface area contributed by atoms with Crippen LogP contribution in [-0.2, 0) is 6.54 Å². The molecule has 6 heteroatoms. The molecule has 110 valence electrons. The SMILES string of the molecule is COc1cc(CNC(=O)c2cc(C)ccc2NN)ccn1. The van der Waals surface area contributed by atoms with E-state index in [1.165, 1.54) is 0 Å². The first-order chi connectivity index (χ1) is 10.1. The van der Waals surface area contributed by atoms with Gasteiger partial charge in [0.25, 0.3) is 5.91 Å². The lowest BCUT2D eigenvalue weighted by Crippen LogP contribution is -2.25. The van der Waals surface area contributed by atoms with Gasteiger partial charge >= 0.3 is 0 Å². The third kappa shape index (κ3) is 3.70. The highest BCUT2D eigenvalue weighted by Gasteiger charge is 2.11. The van der Waals surface area contributed by atoms with Crippen molar-refractivity contribution in [3.63, 3.8) is 0 Å². The van der Waals surface area contributed by atoms with E-state index in [9.17, 15) is 4.79 Å². The van der Waals surface area contributed by atoms with Gasteiger partial charge in [0.2, 0.25) is 5.88 Å². The molecule has 0 aliphatic heterocycles. The second-order valence-electron chi connectivity index (χ2n) is 4.58. The number of carbonyl (C=O) groups is 1. The molecular weight excluding hydrogens is 268 g/mol. The fourth-order valence-corrected chi connectivity index (χ4v) is 1.92. The summed E-state index contributed by atoms with van der Waals surface area (Å²) in [6.45, 7) is 2.31. The van der Waals surface area contributed by atoms with Gasteiger partial charge in [0.1, 0.15) is 0 Å². The van der Waals surface area contributed by atoms with Crippen molar-refractivity contribution in [1.29, 1.82) is 0 Å². The number of nitrogens with one attached hydrogen (secondary N) is 2. The monoisotopic (exact) mass is 286 g/mol. The Labute approximate surface area is 123 Å². The summed E-state index contributed by atoms with van der Waals surface area (Å²) in [5, 5.41) is 2.85. The van der Waals surface area contributed by atoms with Gasteiger partial charge in [0, 0.05) is 18.8 Å². The van der Waals surface area contributed by atoms with E-state index in [-0.39, 0.29) is 5.91 Å². The average molecular weight is 286 g/mol. The number of hydrogen-bond acceptors (Lipinski definition) is 5. The van der Waals surface area contributed by atoms with Crippen molar-refractivity contribution in [2.24, 2.45) is 5.84 Å². The number of carbonyl (C=O) groups excluding carboxylic acids is 1. The molecule has 1 amide bonds. The number of aromatic nitrogens is 1. The number of aryl methyl sites for hydroxylation is 1. The average Bonchev–Trinajstić information content (AvgIpc) is 2.52. The van der Waals surface area contributed by atoms with Crippen LogP contribution in [0.5, 0.6) is 5.88 Å². The first kappa shape index (κ1) is 14.8. The van der Waals surface area contributed by atoms with Gasteiger partial charge in [-0.3, -0.25) is 10.6 Å². The van der Waals surface area contributed by atoms with Gasteiger partial charge < -0.3 is 15.5 Å². The van der Waals surface area contributed by atoms with Crippen LogP contribution >= 0.6 is 0 Å². The number of nitrogens with zero attached hydrogens (tertiary/aromatic N) is 1. The maximum atomic E-state index is 12.3. The van der Waals surface area contributed by atoms with E-state index < -0.39 is 0 Å². The smallest absolute Gasteiger partial charge is 0.253 e. The minimum atomic E-state index is -0.192. The summed E-state index contributed by atoms with van der Waals surface area (Å²) in [5.41, 5.74) is 5.53. The first-order valence-electron chi connectivity index (χ1n) is 6.48. The van der Waals surface area contributed by atoms with Crippen LogP contribution in [0.4, 0.5) is 5.69 Å². The van der Waals surface area contributed by atoms with Gasteiger partial charge in [0.05, 0.1) is 18.4 Å². The molecule has 4 N–H and O–H groups in total. The second kappa shape index (κ2) is 6.71. The molecule has 0 radical (unpaired) electrons. The topological polar surface area (TPSA) is 89.3 Å². The predicted molar refractivity (Wildman–Crippen MR) is 80.9 cm³/mol. The van der Waals surface area contributed by atoms with Crippen molar-refractivity contribution < 1.29 is 9.53 Å². The van der Waals surface area contributed by atoms with E-state index in [1.54, 1.807) is 31.5 Å². The Balaban J connectivity index is 2.09. The minimum absolute atomic E-state index is 0.192. The molecule has 0 saturated heterocycles. The highest BCUT2D eigenvalue weighted by atomic mass is 16.5. The van der Waals surface area contributed by atoms with Crippen LogP contribution in [0.25, 0.3) is 0 Å². The van der Waals surface area contributed by atoms with Crippen LogP contribution in [-0.4, -0.2) is 18.0 Å². The molecule has 0 bridgehead atoms. The third-order valence-corrected chi connectivity index (χ3v) is 3.04. The van der Waals surface area contributed by atoms with E-state index in [0.717, 1.165) is 11.1 Å². The van der Waals surface area contributed by atoms with E-state index in [0.29, 0.717) is 23.7 Å². The molecular formula is C15H18N4O2. The minimum Gasteiger partial charge on any atom is -0.481 e. The van der Waals surface area contributed by atoms with Crippen molar-refractivity contribution in [2.75, 3.05) is 12.5 Å². The van der Waals surface area contributed by atoms with E-state index in [1.807, 2.05) is 19.1 Å². The highest BCUT2D eigenvalue weighted by Crippen LogP contribution is 2.16. The molecule has 0 aliphatic rings. The van der Waals surface area contributed by atoms with Crippen LogP contribution in [0, 0.1) is 6.92 Å². The van der Waals surface area contributed by atoms with Crippen molar-refractivity contribution in [2.45, 2.75) is 13.5 Å². The number of nitrogens with two attached hydrogens (primary N) is 1. The first-order valence-corrected chi connectivity index (χ1v) is 6.48. The number of hydrogen-bond donors (Lipinski definition) is 3. The predicted octanol–water partition coefficient (Wildman–Crippen LogP) is 1.61. The Morgan fingerprint density at radius 2 is 2.14 bits per heavy atom. The summed E-state index contributed by atoms with van der Waals surface area (Å²) in [6.07, 6.45) is 1.64. The zero-order valence-electron chi connectivity index (χ0n) is 12.0. The lowest BCUT2D eigenvalue weighted by molar-refractivity contribution is 0.0951. The van der Waals surface area contributed by atoms with Crippen molar-refractivity contribution in [1.82, 2.24) is 10.3 Å². The molecule has 2 aromatic rings.